The zero-order valence-electron chi connectivity index (χ0n) is 19.7. The van der Waals surface area contributed by atoms with Crippen LogP contribution >= 0.6 is 0 Å². The molecule has 1 N–H and O–H groups in total. The van der Waals surface area contributed by atoms with E-state index in [0.717, 1.165) is 23.9 Å². The van der Waals surface area contributed by atoms with E-state index in [4.69, 9.17) is 0 Å². The summed E-state index contributed by atoms with van der Waals surface area (Å²) in [7, 11) is 1.16. The van der Waals surface area contributed by atoms with Gasteiger partial charge in [0, 0.05) is 30.5 Å². The molecule has 0 atom stereocenters. The van der Waals surface area contributed by atoms with E-state index >= 15 is 0 Å². The van der Waals surface area contributed by atoms with E-state index in [1.165, 1.54) is 35.4 Å². The molecule has 2 aromatic heterocycles. The van der Waals surface area contributed by atoms with E-state index in [0.29, 0.717) is 0 Å². The van der Waals surface area contributed by atoms with Gasteiger partial charge in [-0.1, -0.05) is 18.7 Å². The number of aromatic nitrogens is 3. The van der Waals surface area contributed by atoms with E-state index < -0.39 is 41.0 Å². The maximum atomic E-state index is 13.8. The normalized spacial score (nSPS) is 13.3. The molecule has 0 saturated heterocycles. The van der Waals surface area contributed by atoms with Crippen LogP contribution in [0.15, 0.2) is 49.2 Å². The number of ether oxygens (including phenoxy) is 1. The number of amides is 1. The first-order valence-corrected chi connectivity index (χ1v) is 10.9. The molecule has 1 amide bonds. The molecule has 3 heterocycles. The standard InChI is InChI=1S/C24H19F6N5O3/c1-13(15-6-7-17(31-11-15)22(37)38-2)32-20(36)18-19(24(28,29)30)33-35-9-8-34(21(18)35)12-14-4-3-5-16(10-14)23(25,26)27/h3-7,10-11H,1,8-9,12H2,2H3,(H,32,36). The third kappa shape index (κ3) is 5.33. The Balaban J connectivity index is 1.64. The zero-order valence-corrected chi connectivity index (χ0v) is 19.7. The summed E-state index contributed by atoms with van der Waals surface area (Å²) >= 11 is 0. The van der Waals surface area contributed by atoms with Crippen molar-refractivity contribution in [3.63, 3.8) is 0 Å². The molecule has 1 aliphatic rings. The second-order valence-corrected chi connectivity index (χ2v) is 8.24. The highest BCUT2D eigenvalue weighted by molar-refractivity contribution is 6.04. The number of carbonyl (C=O) groups is 2. The van der Waals surface area contributed by atoms with E-state index in [1.807, 2.05) is 0 Å². The molecular formula is C24H19F6N5O3. The number of pyridine rings is 1. The van der Waals surface area contributed by atoms with Gasteiger partial charge in [0.2, 0.25) is 0 Å². The van der Waals surface area contributed by atoms with Crippen LogP contribution in [0, 0.1) is 0 Å². The lowest BCUT2D eigenvalue weighted by Crippen LogP contribution is -2.28. The molecule has 0 radical (unpaired) electrons. The van der Waals surface area contributed by atoms with Gasteiger partial charge in [0.25, 0.3) is 5.91 Å². The van der Waals surface area contributed by atoms with Gasteiger partial charge in [-0.3, -0.25) is 4.79 Å². The smallest absolute Gasteiger partial charge is 0.436 e. The van der Waals surface area contributed by atoms with Crippen LogP contribution in [0.25, 0.3) is 5.70 Å². The summed E-state index contributed by atoms with van der Waals surface area (Å²) in [5, 5.41) is 5.87. The average Bonchev–Trinajstić information content (AvgIpc) is 3.43. The fourth-order valence-electron chi connectivity index (χ4n) is 3.95. The van der Waals surface area contributed by atoms with Crippen molar-refractivity contribution in [1.29, 1.82) is 0 Å². The van der Waals surface area contributed by atoms with Gasteiger partial charge in [-0.15, -0.1) is 0 Å². The molecule has 0 saturated carbocycles. The Morgan fingerprint density at radius 2 is 1.82 bits per heavy atom. The number of benzene rings is 1. The number of alkyl halides is 6. The Kier molecular flexibility index (Phi) is 6.91. The van der Waals surface area contributed by atoms with Crippen LogP contribution in [-0.4, -0.2) is 40.3 Å². The highest BCUT2D eigenvalue weighted by atomic mass is 19.4. The third-order valence-electron chi connectivity index (χ3n) is 5.70. The summed E-state index contributed by atoms with van der Waals surface area (Å²) in [6.07, 6.45) is -8.40. The van der Waals surface area contributed by atoms with Crippen molar-refractivity contribution in [3.05, 3.63) is 82.8 Å². The van der Waals surface area contributed by atoms with Gasteiger partial charge in [0.05, 0.1) is 19.2 Å². The fraction of sp³-hybridized carbons (Fsp3) is 0.250. The minimum Gasteiger partial charge on any atom is -0.464 e. The molecule has 1 aliphatic heterocycles. The molecule has 0 unspecified atom stereocenters. The maximum absolute atomic E-state index is 13.8. The topological polar surface area (TPSA) is 89.4 Å². The van der Waals surface area contributed by atoms with Gasteiger partial charge in [-0.05, 0) is 29.8 Å². The van der Waals surface area contributed by atoms with Crippen molar-refractivity contribution in [2.75, 3.05) is 18.6 Å². The van der Waals surface area contributed by atoms with Gasteiger partial charge in [0.15, 0.2) is 5.69 Å². The van der Waals surface area contributed by atoms with Gasteiger partial charge < -0.3 is 15.0 Å². The van der Waals surface area contributed by atoms with Crippen molar-refractivity contribution < 1.29 is 40.7 Å². The van der Waals surface area contributed by atoms with Crippen LogP contribution in [0.5, 0.6) is 0 Å². The van der Waals surface area contributed by atoms with Crippen LogP contribution in [0.3, 0.4) is 0 Å². The molecule has 4 rings (SSSR count). The quantitative estimate of drug-likeness (QED) is 0.366. The predicted octanol–water partition coefficient (Wildman–Crippen LogP) is 4.52. The minimum absolute atomic E-state index is 0.00941. The van der Waals surface area contributed by atoms with Gasteiger partial charge in [-0.25, -0.2) is 14.5 Å². The lowest BCUT2D eigenvalue weighted by atomic mass is 10.1. The van der Waals surface area contributed by atoms with Crippen LogP contribution in [0.2, 0.25) is 0 Å². The molecule has 0 fully saturated rings. The largest absolute Gasteiger partial charge is 0.464 e. The van der Waals surface area contributed by atoms with Crippen molar-refractivity contribution in [2.45, 2.75) is 25.4 Å². The van der Waals surface area contributed by atoms with Crippen molar-refractivity contribution in [3.8, 4) is 0 Å². The summed E-state index contributed by atoms with van der Waals surface area (Å²) in [5.74, 6) is -2.06. The van der Waals surface area contributed by atoms with Crippen molar-refractivity contribution in [1.82, 2.24) is 20.1 Å². The predicted molar refractivity (Wildman–Crippen MR) is 122 cm³/mol. The summed E-state index contributed by atoms with van der Waals surface area (Å²) < 4.78 is 86.4. The highest BCUT2D eigenvalue weighted by Crippen LogP contribution is 2.39. The van der Waals surface area contributed by atoms with Crippen molar-refractivity contribution >= 4 is 23.4 Å². The van der Waals surface area contributed by atoms with Crippen LogP contribution < -0.4 is 10.2 Å². The fourth-order valence-corrected chi connectivity index (χ4v) is 3.95. The maximum Gasteiger partial charge on any atom is 0.436 e. The average molecular weight is 539 g/mol. The first kappa shape index (κ1) is 26.7. The van der Waals surface area contributed by atoms with Gasteiger partial charge in [-0.2, -0.15) is 31.4 Å². The molecule has 0 spiro atoms. The third-order valence-corrected chi connectivity index (χ3v) is 5.70. The minimum atomic E-state index is -4.99. The summed E-state index contributed by atoms with van der Waals surface area (Å²) in [4.78, 5) is 29.9. The number of hydrogen-bond acceptors (Lipinski definition) is 6. The SMILES string of the molecule is C=C(NC(=O)c1c(C(F)(F)F)nn2c1N(Cc1cccc(C(F)(F)F)c1)CC2)c1ccc(C(=O)OC)nc1. The van der Waals surface area contributed by atoms with E-state index in [2.05, 4.69) is 26.7 Å². The second kappa shape index (κ2) is 9.84. The Hall–Kier alpha value is -4.36. The van der Waals surface area contributed by atoms with Crippen LogP contribution in [0.1, 0.15) is 43.2 Å². The Labute approximate surface area is 211 Å². The molecule has 14 heteroatoms. The molecule has 38 heavy (non-hydrogen) atoms. The molecule has 1 aromatic carbocycles. The number of anilines is 1. The van der Waals surface area contributed by atoms with Gasteiger partial charge in [0.1, 0.15) is 17.1 Å². The number of nitrogens with one attached hydrogen (secondary N) is 1. The number of fused-ring (bicyclic) bond motifs is 1. The first-order chi connectivity index (χ1) is 17.8. The second-order valence-electron chi connectivity index (χ2n) is 8.24. The number of hydrogen-bond donors (Lipinski definition) is 1. The van der Waals surface area contributed by atoms with Crippen molar-refractivity contribution in [2.24, 2.45) is 0 Å². The summed E-state index contributed by atoms with van der Waals surface area (Å²) in [6, 6.07) is 7.05. The zero-order chi connectivity index (χ0) is 27.8. The molecule has 0 bridgehead atoms. The number of nitrogens with zero attached hydrogens (tertiary/aromatic N) is 4. The number of halogens is 6. The molecule has 3 aromatic rings. The Morgan fingerprint density at radius 1 is 1.08 bits per heavy atom. The monoisotopic (exact) mass is 539 g/mol. The molecule has 0 aliphatic carbocycles. The number of rotatable bonds is 6. The first-order valence-electron chi connectivity index (χ1n) is 10.9. The summed E-state index contributed by atoms with van der Waals surface area (Å²) in [5.41, 5.74) is -2.86. The lowest BCUT2D eigenvalue weighted by Gasteiger charge is -2.20. The number of esters is 1. The van der Waals surface area contributed by atoms with Crippen LogP contribution in [-0.2, 0) is 30.2 Å². The highest BCUT2D eigenvalue weighted by Gasteiger charge is 2.44. The van der Waals surface area contributed by atoms with E-state index in [-0.39, 0.29) is 48.0 Å². The summed E-state index contributed by atoms with van der Waals surface area (Å²) in [6.45, 7) is 3.58. The van der Waals surface area contributed by atoms with Crippen LogP contribution in [0.4, 0.5) is 32.2 Å². The van der Waals surface area contributed by atoms with E-state index in [1.54, 1.807) is 0 Å². The molecule has 200 valence electrons. The lowest BCUT2D eigenvalue weighted by molar-refractivity contribution is -0.142. The number of carbonyl (C=O) groups excluding carboxylic acids is 2. The Bertz CT molecular complexity index is 1400. The molecular weight excluding hydrogens is 520 g/mol. The Morgan fingerprint density at radius 3 is 2.42 bits per heavy atom. The molecule has 8 nitrogen and oxygen atoms in total. The number of methoxy groups -OCH3 is 1. The van der Waals surface area contributed by atoms with Gasteiger partial charge >= 0.3 is 18.3 Å². The van der Waals surface area contributed by atoms with E-state index in [9.17, 15) is 35.9 Å².